The maximum absolute atomic E-state index is 11.1. The van der Waals surface area contributed by atoms with Gasteiger partial charge in [0.15, 0.2) is 9.84 Å². The van der Waals surface area contributed by atoms with Gasteiger partial charge in [0.05, 0.1) is 5.75 Å². The van der Waals surface area contributed by atoms with Crippen molar-refractivity contribution < 1.29 is 8.42 Å². The lowest BCUT2D eigenvalue weighted by atomic mass is 10.3. The van der Waals surface area contributed by atoms with E-state index in [4.69, 9.17) is 0 Å². The van der Waals surface area contributed by atoms with Crippen LogP contribution in [0.15, 0.2) is 16.8 Å². The Hall–Kier alpha value is -0.390. The highest BCUT2D eigenvalue weighted by Gasteiger charge is 2.05. The quantitative estimate of drug-likeness (QED) is 0.753. The van der Waals surface area contributed by atoms with Crippen LogP contribution in [-0.2, 0) is 16.4 Å². The van der Waals surface area contributed by atoms with Crippen LogP contribution in [-0.4, -0.2) is 26.5 Å². The summed E-state index contributed by atoms with van der Waals surface area (Å²) >= 11 is 1.65. The standard InChI is InChI=1S/C9H15NO2S2/c1-2-14(11,12)6-4-10-7-9-3-5-13-8-9/h3,5,8,10H,2,4,6-7H2,1H3. The summed E-state index contributed by atoms with van der Waals surface area (Å²) in [4.78, 5) is 0. The van der Waals surface area contributed by atoms with Crippen molar-refractivity contribution in [1.29, 1.82) is 0 Å². The van der Waals surface area contributed by atoms with E-state index in [0.717, 1.165) is 6.54 Å². The second kappa shape index (κ2) is 5.48. The topological polar surface area (TPSA) is 46.2 Å². The highest BCUT2D eigenvalue weighted by molar-refractivity contribution is 7.91. The summed E-state index contributed by atoms with van der Waals surface area (Å²) in [6.45, 7) is 2.96. The van der Waals surface area contributed by atoms with E-state index in [9.17, 15) is 8.42 Å². The van der Waals surface area contributed by atoms with Gasteiger partial charge < -0.3 is 5.32 Å². The molecule has 0 aliphatic carbocycles. The van der Waals surface area contributed by atoms with Crippen LogP contribution in [0, 0.1) is 0 Å². The normalized spacial score (nSPS) is 11.8. The molecule has 1 N–H and O–H groups in total. The van der Waals surface area contributed by atoms with Gasteiger partial charge in [0, 0.05) is 18.8 Å². The van der Waals surface area contributed by atoms with E-state index >= 15 is 0 Å². The van der Waals surface area contributed by atoms with Gasteiger partial charge in [0.2, 0.25) is 0 Å². The van der Waals surface area contributed by atoms with E-state index in [0.29, 0.717) is 6.54 Å². The minimum Gasteiger partial charge on any atom is -0.312 e. The molecule has 0 radical (unpaired) electrons. The number of sulfone groups is 1. The smallest absolute Gasteiger partial charge is 0.151 e. The van der Waals surface area contributed by atoms with E-state index < -0.39 is 9.84 Å². The highest BCUT2D eigenvalue weighted by atomic mass is 32.2. The maximum Gasteiger partial charge on any atom is 0.151 e. The average Bonchev–Trinajstić information content (AvgIpc) is 2.65. The zero-order valence-corrected chi connectivity index (χ0v) is 9.83. The fourth-order valence-electron chi connectivity index (χ4n) is 0.998. The molecule has 1 aromatic heterocycles. The first-order valence-corrected chi connectivity index (χ1v) is 7.32. The SMILES string of the molecule is CCS(=O)(=O)CCNCc1ccsc1. The molecule has 80 valence electrons. The summed E-state index contributed by atoms with van der Waals surface area (Å²) in [5, 5.41) is 7.18. The first-order valence-electron chi connectivity index (χ1n) is 4.56. The molecule has 0 saturated carbocycles. The van der Waals surface area contributed by atoms with Crippen molar-refractivity contribution in [3.63, 3.8) is 0 Å². The van der Waals surface area contributed by atoms with Gasteiger partial charge in [-0.05, 0) is 22.4 Å². The molecule has 0 aliphatic heterocycles. The predicted octanol–water partition coefficient (Wildman–Crippen LogP) is 1.27. The molecule has 3 nitrogen and oxygen atoms in total. The lowest BCUT2D eigenvalue weighted by Crippen LogP contribution is -2.23. The van der Waals surface area contributed by atoms with Crippen molar-refractivity contribution in [1.82, 2.24) is 5.32 Å². The van der Waals surface area contributed by atoms with Crippen LogP contribution < -0.4 is 5.32 Å². The van der Waals surface area contributed by atoms with Crippen molar-refractivity contribution in [3.05, 3.63) is 22.4 Å². The van der Waals surface area contributed by atoms with Crippen LogP contribution in [0.4, 0.5) is 0 Å². The fraction of sp³-hybridized carbons (Fsp3) is 0.556. The molecule has 0 spiro atoms. The third-order valence-corrected chi connectivity index (χ3v) is 4.38. The maximum atomic E-state index is 11.1. The third kappa shape index (κ3) is 4.21. The summed E-state index contributed by atoms with van der Waals surface area (Å²) in [5.74, 6) is 0.459. The second-order valence-electron chi connectivity index (χ2n) is 3.04. The van der Waals surface area contributed by atoms with Crippen LogP contribution in [0.25, 0.3) is 0 Å². The lowest BCUT2D eigenvalue weighted by molar-refractivity contribution is 0.592. The molecule has 1 heterocycles. The Labute approximate surface area is 89.1 Å². The average molecular weight is 233 g/mol. The van der Waals surface area contributed by atoms with E-state index in [-0.39, 0.29) is 11.5 Å². The van der Waals surface area contributed by atoms with Crippen molar-refractivity contribution in [2.45, 2.75) is 13.5 Å². The van der Waals surface area contributed by atoms with Gasteiger partial charge in [0.25, 0.3) is 0 Å². The van der Waals surface area contributed by atoms with Crippen LogP contribution in [0.3, 0.4) is 0 Å². The Kier molecular flexibility index (Phi) is 4.57. The van der Waals surface area contributed by atoms with Gasteiger partial charge in [-0.3, -0.25) is 0 Å². The van der Waals surface area contributed by atoms with E-state index in [1.807, 2.05) is 11.4 Å². The van der Waals surface area contributed by atoms with Gasteiger partial charge >= 0.3 is 0 Å². The van der Waals surface area contributed by atoms with Crippen LogP contribution in [0.2, 0.25) is 0 Å². The molecule has 0 aliphatic rings. The largest absolute Gasteiger partial charge is 0.312 e. The Morgan fingerprint density at radius 2 is 2.29 bits per heavy atom. The molecule has 0 aromatic carbocycles. The first-order chi connectivity index (χ1) is 6.64. The molecule has 1 rings (SSSR count). The molecule has 5 heteroatoms. The van der Waals surface area contributed by atoms with Crippen LogP contribution in [0.5, 0.6) is 0 Å². The zero-order valence-electron chi connectivity index (χ0n) is 8.19. The Morgan fingerprint density at radius 1 is 1.50 bits per heavy atom. The number of thiophene rings is 1. The van der Waals surface area contributed by atoms with E-state index in [1.165, 1.54) is 5.56 Å². The molecule has 0 atom stereocenters. The van der Waals surface area contributed by atoms with Gasteiger partial charge in [-0.2, -0.15) is 11.3 Å². The number of hydrogen-bond acceptors (Lipinski definition) is 4. The Morgan fingerprint density at radius 3 is 2.86 bits per heavy atom. The second-order valence-corrected chi connectivity index (χ2v) is 6.30. The number of rotatable bonds is 6. The van der Waals surface area contributed by atoms with Crippen LogP contribution >= 0.6 is 11.3 Å². The summed E-state index contributed by atoms with van der Waals surface area (Å²) in [7, 11) is -2.82. The fourth-order valence-corrected chi connectivity index (χ4v) is 2.41. The minimum absolute atomic E-state index is 0.229. The molecule has 0 bridgehead atoms. The Bertz CT molecular complexity index is 343. The Balaban J connectivity index is 2.17. The summed E-state index contributed by atoms with van der Waals surface area (Å²) in [6, 6.07) is 2.03. The van der Waals surface area contributed by atoms with Gasteiger partial charge in [-0.15, -0.1) is 0 Å². The number of nitrogens with one attached hydrogen (secondary N) is 1. The predicted molar refractivity (Wildman–Crippen MR) is 60.4 cm³/mol. The third-order valence-electron chi connectivity index (χ3n) is 1.94. The van der Waals surface area contributed by atoms with Gasteiger partial charge in [0.1, 0.15) is 0 Å². The molecule has 0 unspecified atom stereocenters. The molecule has 0 saturated heterocycles. The molecule has 1 aromatic rings. The van der Waals surface area contributed by atoms with Crippen molar-refractivity contribution in [3.8, 4) is 0 Å². The van der Waals surface area contributed by atoms with E-state index in [1.54, 1.807) is 18.3 Å². The van der Waals surface area contributed by atoms with Crippen molar-refractivity contribution in [2.75, 3.05) is 18.1 Å². The summed E-state index contributed by atoms with van der Waals surface area (Å²) in [5.41, 5.74) is 1.21. The molecular formula is C9H15NO2S2. The molecule has 0 amide bonds. The zero-order chi connectivity index (χ0) is 10.4. The van der Waals surface area contributed by atoms with Crippen molar-refractivity contribution in [2.24, 2.45) is 0 Å². The highest BCUT2D eigenvalue weighted by Crippen LogP contribution is 2.04. The monoisotopic (exact) mass is 233 g/mol. The first kappa shape index (κ1) is 11.7. The molecule has 0 fully saturated rings. The summed E-state index contributed by atoms with van der Waals surface area (Å²) in [6.07, 6.45) is 0. The minimum atomic E-state index is -2.82. The van der Waals surface area contributed by atoms with Crippen molar-refractivity contribution >= 4 is 21.2 Å². The van der Waals surface area contributed by atoms with Crippen LogP contribution in [0.1, 0.15) is 12.5 Å². The summed E-state index contributed by atoms with van der Waals surface area (Å²) < 4.78 is 22.2. The van der Waals surface area contributed by atoms with Gasteiger partial charge in [-0.25, -0.2) is 8.42 Å². The molecular weight excluding hydrogens is 218 g/mol. The van der Waals surface area contributed by atoms with E-state index in [2.05, 4.69) is 10.7 Å². The molecule has 14 heavy (non-hydrogen) atoms. The van der Waals surface area contributed by atoms with Gasteiger partial charge in [-0.1, -0.05) is 6.92 Å². The number of hydrogen-bond donors (Lipinski definition) is 1. The lowest BCUT2D eigenvalue weighted by Gasteiger charge is -2.02.